The summed E-state index contributed by atoms with van der Waals surface area (Å²) in [5.41, 5.74) is 0. The summed E-state index contributed by atoms with van der Waals surface area (Å²) in [5, 5.41) is 6.37. The second kappa shape index (κ2) is 7.10. The molecule has 0 spiro atoms. The normalized spacial score (nSPS) is 24.1. The van der Waals surface area contributed by atoms with Crippen molar-refractivity contribution in [3.8, 4) is 0 Å². The lowest BCUT2D eigenvalue weighted by Crippen LogP contribution is -2.41. The average molecular weight is 254 g/mol. The van der Waals surface area contributed by atoms with E-state index in [1.165, 1.54) is 25.7 Å². The number of hydrogen-bond donors (Lipinski definition) is 2. The molecule has 0 unspecified atom stereocenters. The van der Waals surface area contributed by atoms with Gasteiger partial charge in [-0.25, -0.2) is 0 Å². The minimum Gasteiger partial charge on any atom is -0.368 e. The summed E-state index contributed by atoms with van der Waals surface area (Å²) in [6.45, 7) is 4.36. The van der Waals surface area contributed by atoms with E-state index >= 15 is 0 Å². The standard InChI is InChI=1S/C14H26N2O2/c1-11(12-4-2-3-5-12)16-14(17)10-18-13-6-8-15-9-7-13/h11-13,15H,2-10H2,1H3,(H,16,17)/t11-/m1/s1. The van der Waals surface area contributed by atoms with Crippen LogP contribution in [0.15, 0.2) is 0 Å². The van der Waals surface area contributed by atoms with Crippen LogP contribution < -0.4 is 10.6 Å². The lowest BCUT2D eigenvalue weighted by atomic mass is 10.00. The van der Waals surface area contributed by atoms with Crippen molar-refractivity contribution >= 4 is 5.91 Å². The lowest BCUT2D eigenvalue weighted by molar-refractivity contribution is -0.129. The number of amides is 1. The third-order valence-corrected chi connectivity index (χ3v) is 4.23. The van der Waals surface area contributed by atoms with Gasteiger partial charge in [0.1, 0.15) is 6.61 Å². The van der Waals surface area contributed by atoms with Gasteiger partial charge < -0.3 is 15.4 Å². The highest BCUT2D eigenvalue weighted by atomic mass is 16.5. The van der Waals surface area contributed by atoms with Crippen molar-refractivity contribution in [3.05, 3.63) is 0 Å². The molecule has 104 valence electrons. The van der Waals surface area contributed by atoms with Crippen molar-refractivity contribution in [2.24, 2.45) is 5.92 Å². The van der Waals surface area contributed by atoms with Gasteiger partial charge in [-0.05, 0) is 51.6 Å². The molecule has 2 aliphatic rings. The highest BCUT2D eigenvalue weighted by Gasteiger charge is 2.23. The van der Waals surface area contributed by atoms with Crippen LogP contribution >= 0.6 is 0 Å². The fourth-order valence-electron chi connectivity index (χ4n) is 3.03. The Hall–Kier alpha value is -0.610. The Morgan fingerprint density at radius 3 is 2.61 bits per heavy atom. The summed E-state index contributed by atoms with van der Waals surface area (Å²) in [7, 11) is 0. The molecule has 1 aliphatic carbocycles. The molecule has 0 aromatic heterocycles. The van der Waals surface area contributed by atoms with E-state index in [0.29, 0.717) is 12.0 Å². The third-order valence-electron chi connectivity index (χ3n) is 4.23. The van der Waals surface area contributed by atoms with Gasteiger partial charge in [0.05, 0.1) is 6.10 Å². The predicted octanol–water partition coefficient (Wildman–Crippen LogP) is 1.45. The molecule has 1 saturated carbocycles. The Balaban J connectivity index is 1.61. The molecule has 4 nitrogen and oxygen atoms in total. The first-order valence-electron chi connectivity index (χ1n) is 7.37. The summed E-state index contributed by atoms with van der Waals surface area (Å²) in [5.74, 6) is 0.723. The van der Waals surface area contributed by atoms with E-state index in [2.05, 4.69) is 17.6 Å². The Morgan fingerprint density at radius 1 is 1.28 bits per heavy atom. The van der Waals surface area contributed by atoms with Crippen LogP contribution in [-0.4, -0.2) is 37.7 Å². The second-order valence-electron chi connectivity index (χ2n) is 5.66. The van der Waals surface area contributed by atoms with Gasteiger partial charge in [-0.3, -0.25) is 4.79 Å². The molecule has 18 heavy (non-hydrogen) atoms. The maximum absolute atomic E-state index is 11.8. The Morgan fingerprint density at radius 2 is 1.94 bits per heavy atom. The minimum atomic E-state index is 0.0490. The number of piperidine rings is 1. The Kier molecular flexibility index (Phi) is 5.45. The zero-order chi connectivity index (χ0) is 12.8. The predicted molar refractivity (Wildman–Crippen MR) is 71.4 cm³/mol. The monoisotopic (exact) mass is 254 g/mol. The van der Waals surface area contributed by atoms with Crippen LogP contribution in [0.4, 0.5) is 0 Å². The summed E-state index contributed by atoms with van der Waals surface area (Å²) in [6, 6.07) is 0.302. The molecule has 2 N–H and O–H groups in total. The Labute approximate surface area is 110 Å². The number of carbonyl (C=O) groups excluding carboxylic acids is 1. The van der Waals surface area contributed by atoms with Crippen LogP contribution in [0.25, 0.3) is 0 Å². The lowest BCUT2D eigenvalue weighted by Gasteiger charge is -2.24. The van der Waals surface area contributed by atoms with E-state index in [1.807, 2.05) is 0 Å². The number of carbonyl (C=O) groups is 1. The number of ether oxygens (including phenoxy) is 1. The van der Waals surface area contributed by atoms with Crippen molar-refractivity contribution in [1.82, 2.24) is 10.6 Å². The largest absolute Gasteiger partial charge is 0.368 e. The van der Waals surface area contributed by atoms with Gasteiger partial charge in [-0.2, -0.15) is 0 Å². The quantitative estimate of drug-likeness (QED) is 0.781. The van der Waals surface area contributed by atoms with Gasteiger partial charge in [-0.15, -0.1) is 0 Å². The minimum absolute atomic E-state index is 0.0490. The Bertz CT molecular complexity index is 259. The fraction of sp³-hybridized carbons (Fsp3) is 0.929. The van der Waals surface area contributed by atoms with Crippen LogP contribution in [0, 0.1) is 5.92 Å². The maximum atomic E-state index is 11.8. The molecular weight excluding hydrogens is 228 g/mol. The average Bonchev–Trinajstić information content (AvgIpc) is 2.91. The van der Waals surface area contributed by atoms with Crippen LogP contribution in [0.5, 0.6) is 0 Å². The molecule has 2 rings (SSSR count). The molecule has 1 saturated heterocycles. The van der Waals surface area contributed by atoms with Crippen LogP contribution in [0.1, 0.15) is 45.4 Å². The SMILES string of the molecule is C[C@@H](NC(=O)COC1CCNCC1)C1CCCC1. The summed E-state index contributed by atoms with van der Waals surface area (Å²) >= 11 is 0. The highest BCUT2D eigenvalue weighted by Crippen LogP contribution is 2.27. The molecule has 1 atom stereocenters. The number of hydrogen-bond acceptors (Lipinski definition) is 3. The third kappa shape index (κ3) is 4.25. The van der Waals surface area contributed by atoms with E-state index < -0.39 is 0 Å². The van der Waals surface area contributed by atoms with Gasteiger partial charge in [0.2, 0.25) is 5.91 Å². The molecule has 1 aliphatic heterocycles. The number of rotatable bonds is 5. The molecule has 4 heteroatoms. The van der Waals surface area contributed by atoms with Gasteiger partial charge in [-0.1, -0.05) is 12.8 Å². The van der Waals surface area contributed by atoms with Crippen LogP contribution in [-0.2, 0) is 9.53 Å². The fourth-order valence-corrected chi connectivity index (χ4v) is 3.03. The molecule has 0 aromatic carbocycles. The van der Waals surface area contributed by atoms with E-state index in [4.69, 9.17) is 4.74 Å². The van der Waals surface area contributed by atoms with Crippen molar-refractivity contribution in [2.75, 3.05) is 19.7 Å². The summed E-state index contributed by atoms with van der Waals surface area (Å²) < 4.78 is 5.66. The molecule has 1 heterocycles. The first-order valence-corrected chi connectivity index (χ1v) is 7.37. The van der Waals surface area contributed by atoms with Crippen molar-refractivity contribution < 1.29 is 9.53 Å². The second-order valence-corrected chi connectivity index (χ2v) is 5.66. The van der Waals surface area contributed by atoms with Crippen LogP contribution in [0.3, 0.4) is 0 Å². The molecule has 0 radical (unpaired) electrons. The van der Waals surface area contributed by atoms with Gasteiger partial charge in [0.25, 0.3) is 0 Å². The molecule has 0 bridgehead atoms. The molecular formula is C14H26N2O2. The summed E-state index contributed by atoms with van der Waals surface area (Å²) in [4.78, 5) is 11.8. The van der Waals surface area contributed by atoms with Gasteiger partial charge in [0, 0.05) is 6.04 Å². The highest BCUT2D eigenvalue weighted by molar-refractivity contribution is 5.77. The van der Waals surface area contributed by atoms with E-state index in [9.17, 15) is 4.79 Å². The topological polar surface area (TPSA) is 50.4 Å². The summed E-state index contributed by atoms with van der Waals surface area (Å²) in [6.07, 6.45) is 7.45. The van der Waals surface area contributed by atoms with Crippen LogP contribution in [0.2, 0.25) is 0 Å². The van der Waals surface area contributed by atoms with Crippen molar-refractivity contribution in [1.29, 1.82) is 0 Å². The van der Waals surface area contributed by atoms with Crippen molar-refractivity contribution in [2.45, 2.75) is 57.6 Å². The zero-order valence-electron chi connectivity index (χ0n) is 11.4. The van der Waals surface area contributed by atoms with Crippen molar-refractivity contribution in [3.63, 3.8) is 0 Å². The first-order chi connectivity index (χ1) is 8.75. The van der Waals surface area contributed by atoms with E-state index in [1.54, 1.807) is 0 Å². The molecule has 0 aromatic rings. The van der Waals surface area contributed by atoms with Gasteiger partial charge in [0.15, 0.2) is 0 Å². The molecule has 1 amide bonds. The molecule has 2 fully saturated rings. The zero-order valence-corrected chi connectivity index (χ0v) is 11.4. The van der Waals surface area contributed by atoms with E-state index in [-0.39, 0.29) is 18.6 Å². The first kappa shape index (κ1) is 13.8. The van der Waals surface area contributed by atoms with Gasteiger partial charge >= 0.3 is 0 Å². The maximum Gasteiger partial charge on any atom is 0.246 e. The smallest absolute Gasteiger partial charge is 0.246 e. The number of nitrogens with one attached hydrogen (secondary N) is 2. The van der Waals surface area contributed by atoms with E-state index in [0.717, 1.165) is 25.9 Å².